The summed E-state index contributed by atoms with van der Waals surface area (Å²) in [6, 6.07) is 14.7. The Hall–Kier alpha value is -2.17. The van der Waals surface area contributed by atoms with Crippen LogP contribution < -0.4 is 11.3 Å². The zero-order valence-corrected chi connectivity index (χ0v) is 11.8. The lowest BCUT2D eigenvalue weighted by molar-refractivity contribution is 0.427. The number of fused-ring (bicyclic) bond motifs is 1. The normalized spacial score (nSPS) is 12.7. The van der Waals surface area contributed by atoms with Gasteiger partial charge in [0.05, 0.1) is 6.04 Å². The van der Waals surface area contributed by atoms with Gasteiger partial charge < -0.3 is 4.42 Å². The molecule has 0 radical (unpaired) electrons. The molecule has 0 spiro atoms. The number of nitrogens with two attached hydrogens (primary N) is 1. The average molecular weight is 284 g/mol. The van der Waals surface area contributed by atoms with Crippen LogP contribution in [0.1, 0.15) is 22.9 Å². The Balaban J connectivity index is 1.93. The Morgan fingerprint density at radius 1 is 1.19 bits per heavy atom. The Labute approximate surface area is 122 Å². The minimum atomic E-state index is -0.356. The van der Waals surface area contributed by atoms with Crippen LogP contribution in [0.15, 0.2) is 52.9 Å². The van der Waals surface area contributed by atoms with E-state index in [1.165, 1.54) is 11.6 Å². The fourth-order valence-corrected chi connectivity index (χ4v) is 2.54. The summed E-state index contributed by atoms with van der Waals surface area (Å²) in [5.41, 5.74) is 5.37. The van der Waals surface area contributed by atoms with Gasteiger partial charge in [0.15, 0.2) is 11.4 Å². The number of halogens is 1. The maximum atomic E-state index is 13.7. The van der Waals surface area contributed by atoms with Gasteiger partial charge in [-0.25, -0.2) is 9.82 Å². The fraction of sp³-hybridized carbons (Fsp3) is 0.176. The predicted molar refractivity (Wildman–Crippen MR) is 81.1 cm³/mol. The van der Waals surface area contributed by atoms with Gasteiger partial charge in [0.1, 0.15) is 5.76 Å². The first kappa shape index (κ1) is 13.8. The lowest BCUT2D eigenvalue weighted by atomic mass is 10.0. The monoisotopic (exact) mass is 284 g/mol. The van der Waals surface area contributed by atoms with Crippen molar-refractivity contribution in [2.24, 2.45) is 5.84 Å². The van der Waals surface area contributed by atoms with Crippen LogP contribution in [0.4, 0.5) is 4.39 Å². The van der Waals surface area contributed by atoms with E-state index in [2.05, 4.69) is 11.5 Å². The smallest absolute Gasteiger partial charge is 0.169 e. The van der Waals surface area contributed by atoms with E-state index in [-0.39, 0.29) is 17.4 Å². The molecule has 3 nitrogen and oxygen atoms in total. The minimum absolute atomic E-state index is 0.196. The third-order valence-electron chi connectivity index (χ3n) is 3.58. The maximum absolute atomic E-state index is 13.7. The number of para-hydroxylation sites is 1. The molecule has 0 amide bonds. The number of hydrogen-bond acceptors (Lipinski definition) is 3. The van der Waals surface area contributed by atoms with Crippen molar-refractivity contribution in [3.63, 3.8) is 0 Å². The first-order valence-corrected chi connectivity index (χ1v) is 6.87. The highest BCUT2D eigenvalue weighted by Gasteiger charge is 2.17. The summed E-state index contributed by atoms with van der Waals surface area (Å²) in [6.07, 6.45) is 0.680. The standard InChI is InChI=1S/C17H17FN2O/c1-11-4-2-5-12(8-11)9-15(20-19)16-10-13-6-3-7-14(18)17(13)21-16/h2-8,10,15,20H,9,19H2,1H3. The molecule has 0 saturated heterocycles. The summed E-state index contributed by atoms with van der Waals surface area (Å²) < 4.78 is 19.3. The molecule has 4 heteroatoms. The van der Waals surface area contributed by atoms with Crippen molar-refractivity contribution in [2.75, 3.05) is 0 Å². The van der Waals surface area contributed by atoms with Crippen molar-refractivity contribution in [2.45, 2.75) is 19.4 Å². The summed E-state index contributed by atoms with van der Waals surface area (Å²) in [5.74, 6) is 5.93. The van der Waals surface area contributed by atoms with Crippen LogP contribution in [0.3, 0.4) is 0 Å². The van der Waals surface area contributed by atoms with Crippen molar-refractivity contribution in [3.8, 4) is 0 Å². The molecule has 21 heavy (non-hydrogen) atoms. The zero-order valence-electron chi connectivity index (χ0n) is 11.8. The molecule has 0 aliphatic carbocycles. The van der Waals surface area contributed by atoms with Crippen LogP contribution in [0, 0.1) is 12.7 Å². The van der Waals surface area contributed by atoms with Gasteiger partial charge in [0, 0.05) is 5.39 Å². The van der Waals surface area contributed by atoms with Gasteiger partial charge in [-0.2, -0.15) is 0 Å². The van der Waals surface area contributed by atoms with Gasteiger partial charge in [-0.1, -0.05) is 42.0 Å². The summed E-state index contributed by atoms with van der Waals surface area (Å²) in [7, 11) is 0. The number of benzene rings is 2. The molecule has 108 valence electrons. The van der Waals surface area contributed by atoms with E-state index in [0.29, 0.717) is 12.2 Å². The Kier molecular flexibility index (Phi) is 3.73. The van der Waals surface area contributed by atoms with E-state index >= 15 is 0 Å². The molecule has 0 saturated carbocycles. The molecule has 3 rings (SSSR count). The lowest BCUT2D eigenvalue weighted by Gasteiger charge is -2.13. The second kappa shape index (κ2) is 5.68. The third kappa shape index (κ3) is 2.82. The number of furan rings is 1. The number of aryl methyl sites for hydroxylation is 1. The first-order valence-electron chi connectivity index (χ1n) is 6.87. The van der Waals surface area contributed by atoms with Crippen LogP contribution >= 0.6 is 0 Å². The molecular formula is C17H17FN2O. The molecule has 0 fully saturated rings. The SMILES string of the molecule is Cc1cccc(CC(NN)c2cc3cccc(F)c3o2)c1. The highest BCUT2D eigenvalue weighted by atomic mass is 19.1. The second-order valence-corrected chi connectivity index (χ2v) is 5.22. The maximum Gasteiger partial charge on any atom is 0.169 e. The highest BCUT2D eigenvalue weighted by Crippen LogP contribution is 2.27. The zero-order chi connectivity index (χ0) is 14.8. The van der Waals surface area contributed by atoms with Gasteiger partial charge >= 0.3 is 0 Å². The molecule has 1 aromatic heterocycles. The molecule has 3 aromatic rings. The number of hydrazine groups is 1. The lowest BCUT2D eigenvalue weighted by Crippen LogP contribution is -2.29. The van der Waals surface area contributed by atoms with Gasteiger partial charge in [0.25, 0.3) is 0 Å². The van der Waals surface area contributed by atoms with Crippen molar-refractivity contribution in [1.29, 1.82) is 0 Å². The molecule has 0 aliphatic heterocycles. The third-order valence-corrected chi connectivity index (χ3v) is 3.58. The first-order chi connectivity index (χ1) is 10.2. The molecule has 0 aliphatic rings. The molecule has 0 bridgehead atoms. The largest absolute Gasteiger partial charge is 0.456 e. The number of rotatable bonds is 4. The topological polar surface area (TPSA) is 51.2 Å². The minimum Gasteiger partial charge on any atom is -0.456 e. The summed E-state index contributed by atoms with van der Waals surface area (Å²) in [6.45, 7) is 2.05. The van der Waals surface area contributed by atoms with Crippen LogP contribution in [-0.2, 0) is 6.42 Å². The molecule has 1 unspecified atom stereocenters. The van der Waals surface area contributed by atoms with Crippen LogP contribution in [0.5, 0.6) is 0 Å². The summed E-state index contributed by atoms with van der Waals surface area (Å²) >= 11 is 0. The Bertz CT molecular complexity index is 766. The Morgan fingerprint density at radius 2 is 2.00 bits per heavy atom. The fourth-order valence-electron chi connectivity index (χ4n) is 2.54. The van der Waals surface area contributed by atoms with E-state index in [1.54, 1.807) is 6.07 Å². The van der Waals surface area contributed by atoms with Crippen LogP contribution in [-0.4, -0.2) is 0 Å². The predicted octanol–water partition coefficient (Wildman–Crippen LogP) is 3.63. The second-order valence-electron chi connectivity index (χ2n) is 5.22. The van der Waals surface area contributed by atoms with Crippen molar-refractivity contribution < 1.29 is 8.81 Å². The molecular weight excluding hydrogens is 267 g/mol. The molecule has 1 heterocycles. The summed E-state index contributed by atoms with van der Waals surface area (Å²) in [5, 5.41) is 0.745. The van der Waals surface area contributed by atoms with Gasteiger partial charge in [0.2, 0.25) is 0 Å². The number of hydrogen-bond donors (Lipinski definition) is 2. The van der Waals surface area contributed by atoms with E-state index in [1.807, 2.05) is 37.3 Å². The van der Waals surface area contributed by atoms with Crippen molar-refractivity contribution >= 4 is 11.0 Å². The van der Waals surface area contributed by atoms with Gasteiger partial charge in [-0.15, -0.1) is 0 Å². The van der Waals surface area contributed by atoms with Crippen molar-refractivity contribution in [3.05, 3.63) is 71.2 Å². The van der Waals surface area contributed by atoms with E-state index in [4.69, 9.17) is 10.3 Å². The average Bonchev–Trinajstić information content (AvgIpc) is 2.90. The van der Waals surface area contributed by atoms with E-state index < -0.39 is 0 Å². The molecule has 2 aromatic carbocycles. The van der Waals surface area contributed by atoms with Crippen molar-refractivity contribution in [1.82, 2.24) is 5.43 Å². The van der Waals surface area contributed by atoms with E-state index in [0.717, 1.165) is 10.9 Å². The van der Waals surface area contributed by atoms with Gasteiger partial charge in [-0.05, 0) is 31.0 Å². The van der Waals surface area contributed by atoms with Gasteiger partial charge in [-0.3, -0.25) is 5.84 Å². The van der Waals surface area contributed by atoms with Crippen LogP contribution in [0.25, 0.3) is 11.0 Å². The number of nitrogens with one attached hydrogen (secondary N) is 1. The highest BCUT2D eigenvalue weighted by molar-refractivity contribution is 5.78. The Morgan fingerprint density at radius 3 is 2.71 bits per heavy atom. The molecule has 1 atom stereocenters. The summed E-state index contributed by atoms with van der Waals surface area (Å²) in [4.78, 5) is 0. The quantitative estimate of drug-likeness (QED) is 0.568. The van der Waals surface area contributed by atoms with E-state index in [9.17, 15) is 4.39 Å². The molecule has 3 N–H and O–H groups in total. The van der Waals surface area contributed by atoms with Crippen LogP contribution in [0.2, 0.25) is 0 Å².